The third-order valence-corrected chi connectivity index (χ3v) is 1.84. The van der Waals surface area contributed by atoms with Crippen molar-refractivity contribution in [2.45, 2.75) is 12.5 Å². The molecule has 0 spiro atoms. The molecule has 2 atom stereocenters. The van der Waals surface area contributed by atoms with Gasteiger partial charge in [-0.15, -0.1) is 0 Å². The van der Waals surface area contributed by atoms with Crippen molar-refractivity contribution in [1.29, 1.82) is 0 Å². The predicted octanol–water partition coefficient (Wildman–Crippen LogP) is 0.990. The van der Waals surface area contributed by atoms with Crippen LogP contribution in [0.25, 0.3) is 0 Å². The molecular weight excluding hydrogens is 114 g/mol. The first-order valence-corrected chi connectivity index (χ1v) is 3.27. The standard InChI is InChI=1S/C7H9NO/c1-3-8-5-6-2-4-9-7(1)6/h2-4,6-7H,1,5H2. The van der Waals surface area contributed by atoms with Crippen LogP contribution in [0, 0.1) is 5.92 Å². The Morgan fingerprint density at radius 2 is 2.56 bits per heavy atom. The summed E-state index contributed by atoms with van der Waals surface area (Å²) >= 11 is 0. The number of hydrogen-bond donors (Lipinski definition) is 0. The molecule has 9 heavy (non-hydrogen) atoms. The van der Waals surface area contributed by atoms with Crippen LogP contribution in [0.5, 0.6) is 0 Å². The first-order valence-electron chi connectivity index (χ1n) is 3.27. The van der Waals surface area contributed by atoms with E-state index in [1.807, 2.05) is 6.21 Å². The normalized spacial score (nSPS) is 38.2. The van der Waals surface area contributed by atoms with Gasteiger partial charge in [-0.3, -0.25) is 4.99 Å². The highest BCUT2D eigenvalue weighted by Crippen LogP contribution is 2.22. The molecule has 2 aliphatic rings. The second-order valence-corrected chi connectivity index (χ2v) is 2.45. The smallest absolute Gasteiger partial charge is 0.111 e. The summed E-state index contributed by atoms with van der Waals surface area (Å²) in [5, 5.41) is 0. The summed E-state index contributed by atoms with van der Waals surface area (Å²) in [6.45, 7) is 0.918. The van der Waals surface area contributed by atoms with Crippen molar-refractivity contribution in [2.75, 3.05) is 6.54 Å². The Kier molecular flexibility index (Phi) is 1.04. The number of aliphatic imine (C=N–C) groups is 1. The van der Waals surface area contributed by atoms with Crippen LogP contribution in [-0.4, -0.2) is 18.9 Å². The van der Waals surface area contributed by atoms with Gasteiger partial charge in [-0.2, -0.15) is 0 Å². The van der Waals surface area contributed by atoms with Crippen molar-refractivity contribution in [3.05, 3.63) is 12.3 Å². The first-order chi connectivity index (χ1) is 4.47. The summed E-state index contributed by atoms with van der Waals surface area (Å²) in [5.74, 6) is 0.565. The van der Waals surface area contributed by atoms with Crippen LogP contribution in [0.3, 0.4) is 0 Å². The largest absolute Gasteiger partial charge is 0.497 e. The average molecular weight is 123 g/mol. The molecule has 0 aromatic heterocycles. The van der Waals surface area contributed by atoms with Crippen LogP contribution in [0.15, 0.2) is 17.3 Å². The molecule has 0 amide bonds. The van der Waals surface area contributed by atoms with Crippen molar-refractivity contribution in [3.8, 4) is 0 Å². The lowest BCUT2D eigenvalue weighted by molar-refractivity contribution is 0.141. The predicted molar refractivity (Wildman–Crippen MR) is 35.5 cm³/mol. The molecule has 2 unspecified atom stereocenters. The maximum Gasteiger partial charge on any atom is 0.111 e. The van der Waals surface area contributed by atoms with Gasteiger partial charge < -0.3 is 4.74 Å². The quantitative estimate of drug-likeness (QED) is 0.470. The molecule has 0 saturated carbocycles. The number of fused-ring (bicyclic) bond motifs is 1. The van der Waals surface area contributed by atoms with Crippen molar-refractivity contribution in [2.24, 2.45) is 10.9 Å². The Hall–Kier alpha value is -0.790. The maximum atomic E-state index is 5.29. The van der Waals surface area contributed by atoms with Crippen LogP contribution in [-0.2, 0) is 4.74 Å². The van der Waals surface area contributed by atoms with Crippen molar-refractivity contribution in [1.82, 2.24) is 0 Å². The van der Waals surface area contributed by atoms with Gasteiger partial charge in [0.2, 0.25) is 0 Å². The molecule has 2 nitrogen and oxygen atoms in total. The lowest BCUT2D eigenvalue weighted by atomic mass is 10.00. The molecular formula is C7H9NO. The molecule has 0 N–H and O–H groups in total. The molecule has 0 bridgehead atoms. The molecule has 0 saturated heterocycles. The highest BCUT2D eigenvalue weighted by molar-refractivity contribution is 5.59. The van der Waals surface area contributed by atoms with E-state index >= 15 is 0 Å². The number of rotatable bonds is 0. The highest BCUT2D eigenvalue weighted by atomic mass is 16.5. The Balaban J connectivity index is 2.13. The van der Waals surface area contributed by atoms with Crippen LogP contribution in [0.1, 0.15) is 6.42 Å². The molecule has 2 aliphatic heterocycles. The van der Waals surface area contributed by atoms with Gasteiger partial charge in [0.1, 0.15) is 6.10 Å². The van der Waals surface area contributed by atoms with E-state index in [1.165, 1.54) is 0 Å². The Bertz CT molecular complexity index is 162. The fraction of sp³-hybridized carbons (Fsp3) is 0.571. The van der Waals surface area contributed by atoms with Gasteiger partial charge in [-0.25, -0.2) is 0 Å². The number of ether oxygens (including phenoxy) is 1. The van der Waals surface area contributed by atoms with E-state index in [9.17, 15) is 0 Å². The van der Waals surface area contributed by atoms with Crippen LogP contribution in [0.2, 0.25) is 0 Å². The Morgan fingerprint density at radius 1 is 1.56 bits per heavy atom. The summed E-state index contributed by atoms with van der Waals surface area (Å²) in [4.78, 5) is 4.16. The summed E-state index contributed by atoms with van der Waals surface area (Å²) in [6, 6.07) is 0. The molecule has 2 heterocycles. The highest BCUT2D eigenvalue weighted by Gasteiger charge is 2.25. The summed E-state index contributed by atoms with van der Waals surface area (Å²) in [5.41, 5.74) is 0. The van der Waals surface area contributed by atoms with Crippen LogP contribution >= 0.6 is 0 Å². The summed E-state index contributed by atoms with van der Waals surface area (Å²) < 4.78 is 5.29. The Morgan fingerprint density at radius 3 is 3.44 bits per heavy atom. The van der Waals surface area contributed by atoms with Gasteiger partial charge in [0.15, 0.2) is 0 Å². The van der Waals surface area contributed by atoms with E-state index < -0.39 is 0 Å². The number of nitrogens with zero attached hydrogens (tertiary/aromatic N) is 1. The number of hydrogen-bond acceptors (Lipinski definition) is 2. The monoisotopic (exact) mass is 123 g/mol. The van der Waals surface area contributed by atoms with E-state index in [0.29, 0.717) is 12.0 Å². The summed E-state index contributed by atoms with van der Waals surface area (Å²) in [6.07, 6.45) is 7.24. The molecule has 48 valence electrons. The molecule has 0 aromatic carbocycles. The lowest BCUT2D eigenvalue weighted by Crippen LogP contribution is -2.22. The van der Waals surface area contributed by atoms with Gasteiger partial charge in [-0.05, 0) is 6.08 Å². The third-order valence-electron chi connectivity index (χ3n) is 1.84. The topological polar surface area (TPSA) is 21.6 Å². The first kappa shape index (κ1) is 5.03. The third kappa shape index (κ3) is 0.745. The zero-order valence-corrected chi connectivity index (χ0v) is 5.16. The molecule has 0 fully saturated rings. The fourth-order valence-corrected chi connectivity index (χ4v) is 1.26. The van der Waals surface area contributed by atoms with Gasteiger partial charge in [0, 0.05) is 25.1 Å². The van der Waals surface area contributed by atoms with E-state index in [4.69, 9.17) is 4.74 Å². The van der Waals surface area contributed by atoms with Crippen LogP contribution < -0.4 is 0 Å². The van der Waals surface area contributed by atoms with Gasteiger partial charge in [0.25, 0.3) is 0 Å². The molecule has 0 radical (unpaired) electrons. The zero-order chi connectivity index (χ0) is 6.10. The lowest BCUT2D eigenvalue weighted by Gasteiger charge is -2.18. The minimum atomic E-state index is 0.405. The summed E-state index contributed by atoms with van der Waals surface area (Å²) in [7, 11) is 0. The van der Waals surface area contributed by atoms with Crippen LogP contribution in [0.4, 0.5) is 0 Å². The van der Waals surface area contributed by atoms with Crippen molar-refractivity contribution >= 4 is 6.21 Å². The molecule has 0 aliphatic carbocycles. The zero-order valence-electron chi connectivity index (χ0n) is 5.16. The fourth-order valence-electron chi connectivity index (χ4n) is 1.26. The Labute approximate surface area is 54.2 Å². The van der Waals surface area contributed by atoms with Gasteiger partial charge in [-0.1, -0.05) is 0 Å². The van der Waals surface area contributed by atoms with E-state index in [-0.39, 0.29) is 0 Å². The maximum absolute atomic E-state index is 5.29. The van der Waals surface area contributed by atoms with E-state index in [2.05, 4.69) is 11.1 Å². The molecule has 0 aromatic rings. The second-order valence-electron chi connectivity index (χ2n) is 2.45. The van der Waals surface area contributed by atoms with E-state index in [0.717, 1.165) is 13.0 Å². The minimum Gasteiger partial charge on any atom is -0.497 e. The van der Waals surface area contributed by atoms with E-state index in [1.54, 1.807) is 6.26 Å². The van der Waals surface area contributed by atoms with Crippen molar-refractivity contribution < 1.29 is 4.74 Å². The second kappa shape index (κ2) is 1.87. The van der Waals surface area contributed by atoms with Crippen molar-refractivity contribution in [3.63, 3.8) is 0 Å². The molecule has 2 heteroatoms. The minimum absolute atomic E-state index is 0.405. The average Bonchev–Trinajstić information content (AvgIpc) is 2.33. The van der Waals surface area contributed by atoms with Gasteiger partial charge in [0.05, 0.1) is 6.26 Å². The molecule has 2 rings (SSSR count). The SMILES string of the molecule is C1=CC2CN=CCC2O1. The van der Waals surface area contributed by atoms with Gasteiger partial charge >= 0.3 is 0 Å².